The second-order valence-electron chi connectivity index (χ2n) is 7.43. The summed E-state index contributed by atoms with van der Waals surface area (Å²) in [6.45, 7) is -0.562. The molecule has 5 rings (SSSR count). The molecule has 0 aliphatic carbocycles. The van der Waals surface area contributed by atoms with Crippen molar-refractivity contribution < 1.29 is 21.1 Å². The van der Waals surface area contributed by atoms with Gasteiger partial charge < -0.3 is 9.64 Å². The number of hydrogen-bond acceptors (Lipinski definition) is 4. The number of carbonyl (C=O) groups is 1. The Balaban J connectivity index is 1.54. The molecular formula is C24H20F2N4O2. The molecule has 0 saturated heterocycles. The predicted octanol–water partition coefficient (Wildman–Crippen LogP) is 4.47. The van der Waals surface area contributed by atoms with Crippen LogP contribution in [-0.2, 0) is 20.1 Å². The van der Waals surface area contributed by atoms with Crippen molar-refractivity contribution in [2.24, 2.45) is 7.05 Å². The summed E-state index contributed by atoms with van der Waals surface area (Å²) in [5, 5.41) is 5.08. The van der Waals surface area contributed by atoms with Crippen molar-refractivity contribution in [3.05, 3.63) is 77.2 Å². The Labute approximate surface area is 185 Å². The van der Waals surface area contributed by atoms with E-state index >= 15 is 8.78 Å². The van der Waals surface area contributed by atoms with Gasteiger partial charge in [-0.3, -0.25) is 14.5 Å². The Hall–Kier alpha value is -3.81. The molecule has 1 aliphatic heterocycles. The number of amides is 1. The molecule has 0 unspecified atom stereocenters. The van der Waals surface area contributed by atoms with E-state index < -0.39 is 36.1 Å². The maximum Gasteiger partial charge on any atom is 0.256 e. The van der Waals surface area contributed by atoms with Crippen LogP contribution >= 0.6 is 0 Å². The van der Waals surface area contributed by atoms with E-state index in [1.54, 1.807) is 30.1 Å². The molecule has 2 aromatic carbocycles. The first-order chi connectivity index (χ1) is 16.2. The molecule has 2 aromatic heterocycles. The van der Waals surface area contributed by atoms with Gasteiger partial charge in [0.1, 0.15) is 22.9 Å². The second-order valence-corrected chi connectivity index (χ2v) is 7.43. The van der Waals surface area contributed by atoms with E-state index in [-0.39, 0.29) is 11.3 Å². The van der Waals surface area contributed by atoms with Gasteiger partial charge in [-0.05, 0) is 54.4 Å². The summed E-state index contributed by atoms with van der Waals surface area (Å²) in [6, 6.07) is 8.75. The monoisotopic (exact) mass is 436 g/mol. The van der Waals surface area contributed by atoms with Gasteiger partial charge in [0.25, 0.3) is 5.91 Å². The third kappa shape index (κ3) is 3.28. The lowest BCUT2D eigenvalue weighted by atomic mass is 9.99. The van der Waals surface area contributed by atoms with Crippen LogP contribution < -0.4 is 4.74 Å². The predicted molar refractivity (Wildman–Crippen MR) is 115 cm³/mol. The highest BCUT2D eigenvalue weighted by molar-refractivity contribution is 5.98. The zero-order valence-electron chi connectivity index (χ0n) is 19.4. The van der Waals surface area contributed by atoms with Gasteiger partial charge in [0.2, 0.25) is 0 Å². The number of ether oxygens (including phenoxy) is 1. The van der Waals surface area contributed by atoms with E-state index in [9.17, 15) is 4.79 Å². The van der Waals surface area contributed by atoms with Crippen LogP contribution in [0, 0.1) is 11.6 Å². The Bertz CT molecular complexity index is 1430. The summed E-state index contributed by atoms with van der Waals surface area (Å²) in [5.74, 6) is -1.86. The van der Waals surface area contributed by atoms with Crippen LogP contribution in [0.3, 0.4) is 0 Å². The first-order valence-electron chi connectivity index (χ1n) is 11.1. The topological polar surface area (TPSA) is 60.3 Å². The Morgan fingerprint density at radius 2 is 1.97 bits per heavy atom. The highest BCUT2D eigenvalue weighted by Gasteiger charge is 2.29. The van der Waals surface area contributed by atoms with Gasteiger partial charge in [-0.1, -0.05) is 0 Å². The zero-order valence-corrected chi connectivity index (χ0v) is 17.4. The lowest BCUT2D eigenvalue weighted by Gasteiger charge is -2.17. The summed E-state index contributed by atoms with van der Waals surface area (Å²) in [4.78, 5) is 17.5. The highest BCUT2D eigenvalue weighted by Crippen LogP contribution is 2.35. The van der Waals surface area contributed by atoms with Gasteiger partial charge in [0, 0.05) is 30.4 Å². The van der Waals surface area contributed by atoms with Gasteiger partial charge in [-0.15, -0.1) is 0 Å². The fourth-order valence-corrected chi connectivity index (χ4v) is 3.89. The first-order valence-corrected chi connectivity index (χ1v) is 10.1. The fourth-order valence-electron chi connectivity index (χ4n) is 3.89. The number of nitrogens with zero attached hydrogens (tertiary/aromatic N) is 4. The molecule has 1 aliphatic rings. The van der Waals surface area contributed by atoms with Crippen LogP contribution in [0.25, 0.3) is 22.0 Å². The maximum atomic E-state index is 15.2. The number of fused-ring (bicyclic) bond motifs is 2. The second kappa shape index (κ2) is 7.71. The number of aryl methyl sites for hydroxylation is 1. The van der Waals surface area contributed by atoms with E-state index in [0.29, 0.717) is 34.4 Å². The summed E-state index contributed by atoms with van der Waals surface area (Å²) >= 11 is 0. The van der Waals surface area contributed by atoms with Crippen LogP contribution in [0.15, 0.2) is 48.8 Å². The van der Waals surface area contributed by atoms with Crippen molar-refractivity contribution in [2.45, 2.75) is 20.0 Å². The minimum absolute atomic E-state index is 0.0641. The molecule has 0 saturated carbocycles. The molecular weight excluding hydrogens is 414 g/mol. The van der Waals surface area contributed by atoms with Gasteiger partial charge >= 0.3 is 0 Å². The van der Waals surface area contributed by atoms with E-state index in [2.05, 4.69) is 10.1 Å². The molecule has 0 spiro atoms. The van der Waals surface area contributed by atoms with Crippen molar-refractivity contribution in [3.63, 3.8) is 0 Å². The number of rotatable bonds is 5. The van der Waals surface area contributed by atoms with Crippen LogP contribution in [0.1, 0.15) is 31.3 Å². The molecule has 0 fully saturated rings. The minimum Gasteiger partial charge on any atom is -0.492 e. The standard InChI is InChI=1S/C24H20F2N4O2/c1-3-32-22-7-6-15(17-11-29(2)28-23(17)22)14-9-19(25)18(20(26)10-14)12-30-13-21-16(24(30)31)5-4-8-27-21/h4-11H,3,12-13H2,1-2H3/i13D2. The summed E-state index contributed by atoms with van der Waals surface area (Å²) < 4.78 is 54.2. The molecule has 32 heavy (non-hydrogen) atoms. The molecule has 1 amide bonds. The van der Waals surface area contributed by atoms with Crippen molar-refractivity contribution in [2.75, 3.05) is 6.61 Å². The van der Waals surface area contributed by atoms with Crippen LogP contribution in [-0.4, -0.2) is 32.2 Å². The molecule has 8 heteroatoms. The van der Waals surface area contributed by atoms with Gasteiger partial charge in [0.15, 0.2) is 0 Å². The molecule has 0 bridgehead atoms. The molecule has 3 heterocycles. The largest absolute Gasteiger partial charge is 0.492 e. The van der Waals surface area contributed by atoms with Crippen molar-refractivity contribution in [1.29, 1.82) is 0 Å². The minimum atomic E-state index is -2.29. The maximum absolute atomic E-state index is 15.2. The lowest BCUT2D eigenvalue weighted by molar-refractivity contribution is 0.0763. The zero-order chi connectivity index (χ0) is 24.2. The lowest BCUT2D eigenvalue weighted by Crippen LogP contribution is -2.24. The SMILES string of the molecule is [2H]C1([2H])c2ncccc2C(=O)N1Cc1c(F)cc(-c2ccc(OCC)c3nn(C)cc23)cc1F. The summed E-state index contributed by atoms with van der Waals surface area (Å²) in [7, 11) is 1.75. The van der Waals surface area contributed by atoms with E-state index in [0.717, 1.165) is 4.90 Å². The number of pyridine rings is 1. The summed E-state index contributed by atoms with van der Waals surface area (Å²) in [5.41, 5.74) is 1.06. The van der Waals surface area contributed by atoms with Gasteiger partial charge in [0.05, 0.1) is 33.6 Å². The Morgan fingerprint density at radius 1 is 1.19 bits per heavy atom. The van der Waals surface area contributed by atoms with E-state index in [1.807, 2.05) is 6.92 Å². The third-order valence-electron chi connectivity index (χ3n) is 5.35. The number of halogens is 2. The van der Waals surface area contributed by atoms with Crippen molar-refractivity contribution in [3.8, 4) is 16.9 Å². The molecule has 4 aromatic rings. The van der Waals surface area contributed by atoms with Crippen LogP contribution in [0.5, 0.6) is 5.75 Å². The molecule has 6 nitrogen and oxygen atoms in total. The molecule has 0 atom stereocenters. The van der Waals surface area contributed by atoms with Crippen LogP contribution in [0.2, 0.25) is 0 Å². The van der Waals surface area contributed by atoms with E-state index in [4.69, 9.17) is 7.48 Å². The average Bonchev–Trinajstić information content (AvgIpc) is 3.27. The Morgan fingerprint density at radius 3 is 2.69 bits per heavy atom. The van der Waals surface area contributed by atoms with E-state index in [1.165, 1.54) is 30.5 Å². The number of aromatic nitrogens is 3. The summed E-state index contributed by atoms with van der Waals surface area (Å²) in [6.07, 6.45) is 3.12. The fraction of sp³-hybridized carbons (Fsp3) is 0.208. The van der Waals surface area contributed by atoms with Crippen LogP contribution in [0.4, 0.5) is 8.78 Å². The number of benzene rings is 2. The van der Waals surface area contributed by atoms with Crippen molar-refractivity contribution in [1.82, 2.24) is 19.7 Å². The smallest absolute Gasteiger partial charge is 0.256 e. The third-order valence-corrected chi connectivity index (χ3v) is 5.35. The number of carbonyl (C=O) groups excluding carboxylic acids is 1. The normalized spacial score (nSPS) is 15.6. The van der Waals surface area contributed by atoms with Crippen molar-refractivity contribution >= 4 is 16.8 Å². The van der Waals surface area contributed by atoms with Gasteiger partial charge in [-0.2, -0.15) is 5.10 Å². The molecule has 0 radical (unpaired) electrons. The highest BCUT2D eigenvalue weighted by atomic mass is 19.1. The molecule has 162 valence electrons. The average molecular weight is 436 g/mol. The Kier molecular flexibility index (Phi) is 4.29. The van der Waals surface area contributed by atoms with Gasteiger partial charge in [-0.25, -0.2) is 8.78 Å². The first kappa shape index (κ1) is 17.8. The quantitative estimate of drug-likeness (QED) is 0.463. The molecule has 0 N–H and O–H groups in total. The number of hydrogen-bond donors (Lipinski definition) is 0.